The summed E-state index contributed by atoms with van der Waals surface area (Å²) in [5.74, 6) is -0.108. The normalized spacial score (nSPS) is 14.1. The van der Waals surface area contributed by atoms with Gasteiger partial charge in [0.2, 0.25) is 5.88 Å². The zero-order chi connectivity index (χ0) is 14.1. The largest absolute Gasteiger partial charge is 0.465 e. The number of hydrogen-bond donors (Lipinski definition) is 1. The summed E-state index contributed by atoms with van der Waals surface area (Å²) in [6, 6.07) is 7.40. The lowest BCUT2D eigenvalue weighted by Gasteiger charge is -2.03. The molecule has 0 radical (unpaired) electrons. The van der Waals surface area contributed by atoms with Crippen LogP contribution in [0, 0.1) is 0 Å². The molecule has 0 aliphatic heterocycles. The summed E-state index contributed by atoms with van der Waals surface area (Å²) in [5, 5.41) is 7.75. The highest BCUT2D eigenvalue weighted by Crippen LogP contribution is 2.33. The van der Waals surface area contributed by atoms with Crippen LogP contribution in [0.1, 0.15) is 23.2 Å². The monoisotopic (exact) mass is 292 g/mol. The molecule has 5 nitrogen and oxygen atoms in total. The van der Waals surface area contributed by atoms with Gasteiger partial charge in [-0.05, 0) is 25.0 Å². The molecule has 1 aliphatic carbocycles. The first-order valence-corrected chi connectivity index (χ1v) is 6.67. The Balaban J connectivity index is 2.02. The molecule has 0 amide bonds. The second-order valence-electron chi connectivity index (χ2n) is 4.65. The molecule has 2 aromatic rings. The summed E-state index contributed by atoms with van der Waals surface area (Å²) < 4.78 is 10.1. The zero-order valence-electron chi connectivity index (χ0n) is 10.9. The molecule has 1 fully saturated rings. The van der Waals surface area contributed by atoms with E-state index in [1.54, 1.807) is 24.3 Å². The minimum Gasteiger partial charge on any atom is -0.465 e. The highest BCUT2D eigenvalue weighted by Gasteiger charge is 2.29. The van der Waals surface area contributed by atoms with Gasteiger partial charge in [-0.3, -0.25) is 0 Å². The van der Waals surface area contributed by atoms with E-state index in [0.717, 1.165) is 18.4 Å². The maximum Gasteiger partial charge on any atom is 0.345 e. The van der Waals surface area contributed by atoms with Crippen molar-refractivity contribution in [1.82, 2.24) is 5.16 Å². The highest BCUT2D eigenvalue weighted by molar-refractivity contribution is 6.30. The average molecular weight is 293 g/mol. The molecule has 1 heterocycles. The van der Waals surface area contributed by atoms with Crippen LogP contribution >= 0.6 is 11.6 Å². The van der Waals surface area contributed by atoms with Crippen LogP contribution in [-0.4, -0.2) is 24.3 Å². The van der Waals surface area contributed by atoms with E-state index in [2.05, 4.69) is 10.5 Å². The fraction of sp³-hybridized carbons (Fsp3) is 0.286. The van der Waals surface area contributed by atoms with Crippen LogP contribution in [0.25, 0.3) is 11.3 Å². The van der Waals surface area contributed by atoms with Crippen molar-refractivity contribution in [3.05, 3.63) is 34.9 Å². The number of aromatic nitrogens is 1. The van der Waals surface area contributed by atoms with E-state index in [0.29, 0.717) is 28.2 Å². The van der Waals surface area contributed by atoms with Crippen LogP contribution in [0.15, 0.2) is 28.8 Å². The van der Waals surface area contributed by atoms with Crippen molar-refractivity contribution in [1.29, 1.82) is 0 Å². The minimum absolute atomic E-state index is 0.321. The molecule has 0 saturated heterocycles. The van der Waals surface area contributed by atoms with E-state index < -0.39 is 5.97 Å². The number of ether oxygens (including phenoxy) is 1. The second kappa shape index (κ2) is 5.17. The van der Waals surface area contributed by atoms with Crippen molar-refractivity contribution in [2.45, 2.75) is 18.9 Å². The van der Waals surface area contributed by atoms with Gasteiger partial charge in [0.15, 0.2) is 5.56 Å². The smallest absolute Gasteiger partial charge is 0.345 e. The number of methoxy groups -OCH3 is 1. The average Bonchev–Trinajstić information content (AvgIpc) is 3.17. The molecule has 3 rings (SSSR count). The molecule has 1 saturated carbocycles. The number of esters is 1. The van der Waals surface area contributed by atoms with Crippen LogP contribution in [-0.2, 0) is 4.74 Å². The summed E-state index contributed by atoms with van der Waals surface area (Å²) >= 11 is 5.86. The second-order valence-corrected chi connectivity index (χ2v) is 5.09. The SMILES string of the molecule is COC(=O)c1c(-c2ccc(Cl)cc2)noc1NC1CC1. The van der Waals surface area contributed by atoms with Crippen LogP contribution in [0.3, 0.4) is 0 Å². The van der Waals surface area contributed by atoms with E-state index >= 15 is 0 Å². The molecule has 1 aromatic heterocycles. The number of nitrogens with zero attached hydrogens (tertiary/aromatic N) is 1. The van der Waals surface area contributed by atoms with Gasteiger partial charge in [0.25, 0.3) is 0 Å². The number of halogens is 1. The predicted molar refractivity (Wildman–Crippen MR) is 74.9 cm³/mol. The van der Waals surface area contributed by atoms with E-state index in [-0.39, 0.29) is 0 Å². The molecule has 20 heavy (non-hydrogen) atoms. The van der Waals surface area contributed by atoms with Crippen LogP contribution in [0.5, 0.6) is 0 Å². The molecule has 6 heteroatoms. The zero-order valence-corrected chi connectivity index (χ0v) is 11.6. The first-order valence-electron chi connectivity index (χ1n) is 6.29. The Hall–Kier alpha value is -2.01. The Morgan fingerprint density at radius 1 is 1.40 bits per heavy atom. The van der Waals surface area contributed by atoms with E-state index in [1.165, 1.54) is 7.11 Å². The lowest BCUT2D eigenvalue weighted by Crippen LogP contribution is -2.08. The van der Waals surface area contributed by atoms with Crippen molar-refractivity contribution in [2.24, 2.45) is 0 Å². The summed E-state index contributed by atoms with van der Waals surface area (Å²) in [7, 11) is 1.34. The van der Waals surface area contributed by atoms with Crippen LogP contribution in [0.4, 0.5) is 5.88 Å². The summed E-state index contributed by atoms with van der Waals surface area (Å²) in [6.07, 6.45) is 2.13. The van der Waals surface area contributed by atoms with Crippen molar-refractivity contribution >= 4 is 23.5 Å². The van der Waals surface area contributed by atoms with Gasteiger partial charge in [0, 0.05) is 16.6 Å². The molecule has 1 N–H and O–H groups in total. The van der Waals surface area contributed by atoms with E-state index in [1.807, 2.05) is 0 Å². The van der Waals surface area contributed by atoms with Crippen LogP contribution in [0.2, 0.25) is 5.02 Å². The van der Waals surface area contributed by atoms with Gasteiger partial charge >= 0.3 is 5.97 Å². The maximum absolute atomic E-state index is 12.0. The quantitative estimate of drug-likeness (QED) is 0.875. The van der Waals surface area contributed by atoms with Gasteiger partial charge < -0.3 is 14.6 Å². The molecular weight excluding hydrogens is 280 g/mol. The van der Waals surface area contributed by atoms with Crippen molar-refractivity contribution in [2.75, 3.05) is 12.4 Å². The summed E-state index contributed by atoms with van der Waals surface area (Å²) in [5.41, 5.74) is 1.53. The summed E-state index contributed by atoms with van der Waals surface area (Å²) in [6.45, 7) is 0. The highest BCUT2D eigenvalue weighted by atomic mass is 35.5. The van der Waals surface area contributed by atoms with Gasteiger partial charge in [-0.1, -0.05) is 28.9 Å². The van der Waals surface area contributed by atoms with Gasteiger partial charge in [-0.2, -0.15) is 0 Å². The maximum atomic E-state index is 12.0. The van der Waals surface area contributed by atoms with Crippen LogP contribution < -0.4 is 5.32 Å². The number of nitrogens with one attached hydrogen (secondary N) is 1. The molecule has 1 aromatic carbocycles. The van der Waals surface area contributed by atoms with Gasteiger partial charge in [-0.25, -0.2) is 4.79 Å². The Morgan fingerprint density at radius 3 is 2.70 bits per heavy atom. The third kappa shape index (κ3) is 2.49. The third-order valence-electron chi connectivity index (χ3n) is 3.11. The Bertz CT molecular complexity index is 632. The standard InChI is InChI=1S/C14H13ClN2O3/c1-19-14(18)11-12(8-2-4-9(15)5-3-8)17-20-13(11)16-10-6-7-10/h2-5,10,16H,6-7H2,1H3. The number of carbonyl (C=O) groups is 1. The fourth-order valence-corrected chi connectivity index (χ4v) is 2.02. The Morgan fingerprint density at radius 2 is 2.10 bits per heavy atom. The first-order chi connectivity index (χ1) is 9.69. The van der Waals surface area contributed by atoms with Crippen molar-refractivity contribution in [3.8, 4) is 11.3 Å². The van der Waals surface area contributed by atoms with Gasteiger partial charge in [0.05, 0.1) is 7.11 Å². The molecule has 0 atom stereocenters. The molecule has 0 bridgehead atoms. The number of benzene rings is 1. The number of rotatable bonds is 4. The molecule has 104 valence electrons. The first kappa shape index (κ1) is 13.0. The molecule has 0 unspecified atom stereocenters. The van der Waals surface area contributed by atoms with E-state index in [4.69, 9.17) is 20.9 Å². The molecule has 1 aliphatic rings. The number of hydrogen-bond acceptors (Lipinski definition) is 5. The van der Waals surface area contributed by atoms with Crippen molar-refractivity contribution < 1.29 is 14.1 Å². The Kier molecular flexibility index (Phi) is 3.36. The predicted octanol–water partition coefficient (Wildman–Crippen LogP) is 3.36. The lowest BCUT2D eigenvalue weighted by molar-refractivity contribution is 0.0602. The molecule has 0 spiro atoms. The topological polar surface area (TPSA) is 64.4 Å². The number of anilines is 1. The Labute approximate surface area is 120 Å². The van der Waals surface area contributed by atoms with Gasteiger partial charge in [0.1, 0.15) is 5.69 Å². The minimum atomic E-state index is -0.473. The van der Waals surface area contributed by atoms with Crippen molar-refractivity contribution in [3.63, 3.8) is 0 Å². The number of carbonyl (C=O) groups excluding carboxylic acids is 1. The third-order valence-corrected chi connectivity index (χ3v) is 3.36. The fourth-order valence-electron chi connectivity index (χ4n) is 1.90. The van der Waals surface area contributed by atoms with E-state index in [9.17, 15) is 4.79 Å². The lowest BCUT2D eigenvalue weighted by atomic mass is 10.1. The summed E-state index contributed by atoms with van der Waals surface area (Å²) in [4.78, 5) is 12.0. The van der Waals surface area contributed by atoms with Gasteiger partial charge in [-0.15, -0.1) is 0 Å². The molecular formula is C14H13ClN2O3.